The Morgan fingerprint density at radius 3 is 2.92 bits per heavy atom. The summed E-state index contributed by atoms with van der Waals surface area (Å²) >= 11 is 0. The average Bonchev–Trinajstić information content (AvgIpc) is 2.61. The van der Waals surface area contributed by atoms with Crippen LogP contribution in [0.3, 0.4) is 0 Å². The molecule has 0 spiro atoms. The second-order valence-electron chi connectivity index (χ2n) is 5.69. The first-order valence-corrected chi connectivity index (χ1v) is 7.78. The van der Waals surface area contributed by atoms with Gasteiger partial charge in [-0.1, -0.05) is 17.7 Å². The molecule has 0 saturated heterocycles. The predicted molar refractivity (Wildman–Crippen MR) is 93.4 cm³/mol. The van der Waals surface area contributed by atoms with Gasteiger partial charge in [0.2, 0.25) is 5.91 Å². The summed E-state index contributed by atoms with van der Waals surface area (Å²) in [5.74, 6) is 0.561. The molecule has 0 aliphatic rings. The van der Waals surface area contributed by atoms with Crippen molar-refractivity contribution in [2.24, 2.45) is 0 Å². The molecule has 0 unspecified atom stereocenters. The van der Waals surface area contributed by atoms with Crippen molar-refractivity contribution in [1.82, 2.24) is 20.3 Å². The second kappa shape index (κ2) is 7.04. The van der Waals surface area contributed by atoms with Crippen LogP contribution in [0.5, 0.6) is 0 Å². The van der Waals surface area contributed by atoms with Crippen LogP contribution in [-0.4, -0.2) is 26.9 Å². The predicted octanol–water partition coefficient (Wildman–Crippen LogP) is 2.45. The zero-order valence-electron chi connectivity index (χ0n) is 13.7. The van der Waals surface area contributed by atoms with Gasteiger partial charge in [-0.15, -0.1) is 0 Å². The normalized spacial score (nSPS) is 11.9. The number of fused-ring (bicyclic) bond motifs is 1. The van der Waals surface area contributed by atoms with E-state index in [0.29, 0.717) is 12.4 Å². The van der Waals surface area contributed by atoms with E-state index in [1.54, 1.807) is 12.4 Å². The van der Waals surface area contributed by atoms with Crippen LogP contribution in [-0.2, 0) is 11.3 Å². The Hall–Kier alpha value is -3.02. The van der Waals surface area contributed by atoms with Crippen LogP contribution in [0.2, 0.25) is 0 Å². The van der Waals surface area contributed by atoms with Gasteiger partial charge in [0, 0.05) is 24.3 Å². The van der Waals surface area contributed by atoms with Gasteiger partial charge in [0.1, 0.15) is 18.2 Å². The number of aromatic nitrogens is 3. The van der Waals surface area contributed by atoms with Crippen molar-refractivity contribution in [3.63, 3.8) is 0 Å². The fraction of sp³-hybridized carbons (Fsp3) is 0.222. The summed E-state index contributed by atoms with van der Waals surface area (Å²) in [7, 11) is 0. The summed E-state index contributed by atoms with van der Waals surface area (Å²) < 4.78 is 0. The zero-order valence-corrected chi connectivity index (χ0v) is 13.7. The average molecular weight is 321 g/mol. The van der Waals surface area contributed by atoms with E-state index in [-0.39, 0.29) is 5.91 Å². The van der Waals surface area contributed by atoms with Gasteiger partial charge in [-0.2, -0.15) is 0 Å². The number of pyridine rings is 1. The molecule has 0 saturated carbocycles. The van der Waals surface area contributed by atoms with E-state index in [2.05, 4.69) is 25.6 Å². The highest BCUT2D eigenvalue weighted by molar-refractivity contribution is 5.92. The van der Waals surface area contributed by atoms with Gasteiger partial charge >= 0.3 is 0 Å². The number of aryl methyl sites for hydroxylation is 1. The number of anilines is 1. The molecule has 2 aromatic heterocycles. The van der Waals surface area contributed by atoms with Gasteiger partial charge in [-0.05, 0) is 37.6 Å². The van der Waals surface area contributed by atoms with E-state index in [1.807, 2.05) is 44.2 Å². The number of carbonyl (C=O) groups is 1. The molecule has 0 bridgehead atoms. The molecule has 1 amide bonds. The lowest BCUT2D eigenvalue weighted by atomic mass is 10.1. The zero-order chi connectivity index (χ0) is 16.9. The molecule has 6 heteroatoms. The maximum absolute atomic E-state index is 12.3. The minimum atomic E-state index is -0.416. The second-order valence-corrected chi connectivity index (χ2v) is 5.69. The van der Waals surface area contributed by atoms with Gasteiger partial charge in [-0.3, -0.25) is 9.78 Å². The van der Waals surface area contributed by atoms with Crippen molar-refractivity contribution >= 4 is 22.6 Å². The van der Waals surface area contributed by atoms with Crippen LogP contribution in [0.1, 0.15) is 18.1 Å². The van der Waals surface area contributed by atoms with Crippen molar-refractivity contribution in [2.45, 2.75) is 26.4 Å². The number of nitrogens with one attached hydrogen (secondary N) is 2. The Morgan fingerprint density at radius 2 is 2.12 bits per heavy atom. The fourth-order valence-corrected chi connectivity index (χ4v) is 2.40. The SMILES string of the molecule is Cc1ccc2ncnc(N[C@@H](C)C(=O)NCc3cccnc3)c2c1. The van der Waals surface area contributed by atoms with E-state index in [4.69, 9.17) is 0 Å². The van der Waals surface area contributed by atoms with Crippen molar-refractivity contribution < 1.29 is 4.79 Å². The van der Waals surface area contributed by atoms with Crippen LogP contribution in [0.4, 0.5) is 5.82 Å². The molecule has 1 atom stereocenters. The van der Waals surface area contributed by atoms with Crippen LogP contribution < -0.4 is 10.6 Å². The van der Waals surface area contributed by atoms with E-state index in [0.717, 1.165) is 22.0 Å². The lowest BCUT2D eigenvalue weighted by Crippen LogP contribution is -2.37. The summed E-state index contributed by atoms with van der Waals surface area (Å²) in [4.78, 5) is 24.8. The Morgan fingerprint density at radius 1 is 1.25 bits per heavy atom. The van der Waals surface area contributed by atoms with Crippen molar-refractivity contribution in [3.05, 3.63) is 60.2 Å². The highest BCUT2D eigenvalue weighted by Gasteiger charge is 2.14. The number of hydrogen-bond donors (Lipinski definition) is 2. The molecule has 2 heterocycles. The third-order valence-corrected chi connectivity index (χ3v) is 3.73. The molecule has 1 aromatic carbocycles. The lowest BCUT2D eigenvalue weighted by Gasteiger charge is -2.16. The van der Waals surface area contributed by atoms with Gasteiger partial charge in [0.25, 0.3) is 0 Å². The minimum absolute atomic E-state index is 0.0988. The number of benzene rings is 1. The van der Waals surface area contributed by atoms with Crippen molar-refractivity contribution in [1.29, 1.82) is 0 Å². The maximum Gasteiger partial charge on any atom is 0.242 e. The third kappa shape index (κ3) is 3.65. The summed E-state index contributed by atoms with van der Waals surface area (Å²) in [6.45, 7) is 4.27. The van der Waals surface area contributed by atoms with Crippen molar-refractivity contribution in [2.75, 3.05) is 5.32 Å². The first kappa shape index (κ1) is 15.9. The molecule has 3 aromatic rings. The summed E-state index contributed by atoms with van der Waals surface area (Å²) in [5.41, 5.74) is 2.93. The number of nitrogens with zero attached hydrogens (tertiary/aromatic N) is 3. The number of carbonyl (C=O) groups excluding carboxylic acids is 1. The Labute approximate surface area is 140 Å². The molecular weight excluding hydrogens is 302 g/mol. The van der Waals surface area contributed by atoms with E-state index >= 15 is 0 Å². The Bertz CT molecular complexity index is 850. The largest absolute Gasteiger partial charge is 0.358 e. The first-order valence-electron chi connectivity index (χ1n) is 7.78. The van der Waals surface area contributed by atoms with Gasteiger partial charge in [0.15, 0.2) is 0 Å². The standard InChI is InChI=1S/C18H19N5O/c1-12-5-6-16-15(8-12)17(22-11-21-16)23-13(2)18(24)20-10-14-4-3-7-19-9-14/h3-9,11,13H,10H2,1-2H3,(H,20,24)(H,21,22,23)/t13-/m0/s1. The van der Waals surface area contributed by atoms with Crippen LogP contribution >= 0.6 is 0 Å². The highest BCUT2D eigenvalue weighted by atomic mass is 16.2. The molecule has 122 valence electrons. The van der Waals surface area contributed by atoms with E-state index in [9.17, 15) is 4.79 Å². The summed E-state index contributed by atoms with van der Waals surface area (Å²) in [6.07, 6.45) is 4.94. The Kier molecular flexibility index (Phi) is 4.65. The first-order chi connectivity index (χ1) is 11.6. The molecule has 0 aliphatic heterocycles. The van der Waals surface area contributed by atoms with Crippen LogP contribution in [0, 0.1) is 6.92 Å². The lowest BCUT2D eigenvalue weighted by molar-refractivity contribution is -0.121. The van der Waals surface area contributed by atoms with E-state index in [1.165, 1.54) is 6.33 Å². The van der Waals surface area contributed by atoms with Gasteiger partial charge < -0.3 is 10.6 Å². The van der Waals surface area contributed by atoms with Crippen molar-refractivity contribution in [3.8, 4) is 0 Å². The number of hydrogen-bond acceptors (Lipinski definition) is 5. The molecule has 24 heavy (non-hydrogen) atoms. The van der Waals surface area contributed by atoms with Gasteiger partial charge in [-0.25, -0.2) is 9.97 Å². The molecule has 0 aliphatic carbocycles. The molecule has 0 fully saturated rings. The van der Waals surface area contributed by atoms with E-state index < -0.39 is 6.04 Å². The maximum atomic E-state index is 12.3. The molecule has 6 nitrogen and oxygen atoms in total. The van der Waals surface area contributed by atoms with Crippen LogP contribution in [0.25, 0.3) is 10.9 Å². The smallest absolute Gasteiger partial charge is 0.242 e. The van der Waals surface area contributed by atoms with Crippen LogP contribution in [0.15, 0.2) is 49.1 Å². The molecule has 0 radical (unpaired) electrons. The summed E-state index contributed by atoms with van der Waals surface area (Å²) in [6, 6.07) is 9.32. The summed E-state index contributed by atoms with van der Waals surface area (Å²) in [5, 5.41) is 6.97. The Balaban J connectivity index is 1.69. The monoisotopic (exact) mass is 321 g/mol. The number of rotatable bonds is 5. The third-order valence-electron chi connectivity index (χ3n) is 3.73. The quantitative estimate of drug-likeness (QED) is 0.754. The molecular formula is C18H19N5O. The topological polar surface area (TPSA) is 79.8 Å². The fourth-order valence-electron chi connectivity index (χ4n) is 2.40. The van der Waals surface area contributed by atoms with Gasteiger partial charge in [0.05, 0.1) is 5.52 Å². The molecule has 3 rings (SSSR count). The highest BCUT2D eigenvalue weighted by Crippen LogP contribution is 2.20. The number of amides is 1. The minimum Gasteiger partial charge on any atom is -0.358 e. The molecule has 2 N–H and O–H groups in total.